The number of carbonyl (C=O) groups is 1. The number of nitrogens with one attached hydrogen (secondary N) is 2. The van der Waals surface area contributed by atoms with Gasteiger partial charge in [0.1, 0.15) is 0 Å². The molecule has 0 radical (unpaired) electrons. The SMILES string of the molecule is O=C(CC1CC1)NC12CCCCC1NCC2. The van der Waals surface area contributed by atoms with Crippen LogP contribution >= 0.6 is 0 Å². The summed E-state index contributed by atoms with van der Waals surface area (Å²) in [7, 11) is 0. The molecule has 3 nitrogen and oxygen atoms in total. The molecule has 2 unspecified atom stereocenters. The average molecular weight is 222 g/mol. The van der Waals surface area contributed by atoms with Crippen molar-refractivity contribution in [2.75, 3.05) is 6.54 Å². The smallest absolute Gasteiger partial charge is 0.220 e. The molecule has 0 spiro atoms. The summed E-state index contributed by atoms with van der Waals surface area (Å²) in [5.74, 6) is 1.01. The molecule has 2 saturated carbocycles. The van der Waals surface area contributed by atoms with Gasteiger partial charge in [-0.25, -0.2) is 0 Å². The molecule has 2 atom stereocenters. The van der Waals surface area contributed by atoms with Crippen LogP contribution in [0.25, 0.3) is 0 Å². The quantitative estimate of drug-likeness (QED) is 0.761. The van der Waals surface area contributed by atoms with Crippen LogP contribution in [0.3, 0.4) is 0 Å². The van der Waals surface area contributed by atoms with E-state index in [0.29, 0.717) is 17.9 Å². The van der Waals surface area contributed by atoms with E-state index in [0.717, 1.165) is 19.4 Å². The van der Waals surface area contributed by atoms with E-state index >= 15 is 0 Å². The van der Waals surface area contributed by atoms with Gasteiger partial charge in [-0.1, -0.05) is 12.8 Å². The zero-order chi connectivity index (χ0) is 11.0. The van der Waals surface area contributed by atoms with E-state index in [4.69, 9.17) is 0 Å². The summed E-state index contributed by atoms with van der Waals surface area (Å²) in [5, 5.41) is 6.92. The van der Waals surface area contributed by atoms with Gasteiger partial charge in [-0.2, -0.15) is 0 Å². The Bertz CT molecular complexity index is 288. The molecule has 3 aliphatic rings. The molecule has 0 aromatic rings. The average Bonchev–Trinajstić information content (AvgIpc) is 2.96. The lowest BCUT2D eigenvalue weighted by Crippen LogP contribution is -2.57. The number of hydrogen-bond donors (Lipinski definition) is 2. The van der Waals surface area contributed by atoms with Crippen molar-refractivity contribution in [1.82, 2.24) is 10.6 Å². The molecule has 16 heavy (non-hydrogen) atoms. The third-order valence-electron chi connectivity index (χ3n) is 4.55. The maximum atomic E-state index is 12.0. The number of hydrogen-bond acceptors (Lipinski definition) is 2. The van der Waals surface area contributed by atoms with Crippen molar-refractivity contribution in [3.63, 3.8) is 0 Å². The highest BCUT2D eigenvalue weighted by Crippen LogP contribution is 2.36. The lowest BCUT2D eigenvalue weighted by molar-refractivity contribution is -0.123. The maximum absolute atomic E-state index is 12.0. The summed E-state index contributed by atoms with van der Waals surface area (Å²) in [5.41, 5.74) is 0.115. The fraction of sp³-hybridized carbons (Fsp3) is 0.923. The molecular weight excluding hydrogens is 200 g/mol. The predicted octanol–water partition coefficient (Wildman–Crippen LogP) is 1.58. The fourth-order valence-corrected chi connectivity index (χ4v) is 3.43. The van der Waals surface area contributed by atoms with Crippen LogP contribution in [-0.4, -0.2) is 24.0 Å². The summed E-state index contributed by atoms with van der Waals surface area (Å²) in [4.78, 5) is 12.0. The monoisotopic (exact) mass is 222 g/mol. The van der Waals surface area contributed by atoms with E-state index in [1.54, 1.807) is 0 Å². The topological polar surface area (TPSA) is 41.1 Å². The molecule has 0 aromatic carbocycles. The molecule has 1 aliphatic heterocycles. The first kappa shape index (κ1) is 10.6. The molecule has 90 valence electrons. The molecule has 2 aliphatic carbocycles. The Morgan fingerprint density at radius 2 is 2.12 bits per heavy atom. The van der Waals surface area contributed by atoms with Crippen LogP contribution in [0.4, 0.5) is 0 Å². The predicted molar refractivity (Wildman–Crippen MR) is 63.1 cm³/mol. The van der Waals surface area contributed by atoms with Gasteiger partial charge in [0, 0.05) is 12.5 Å². The van der Waals surface area contributed by atoms with Gasteiger partial charge < -0.3 is 10.6 Å². The van der Waals surface area contributed by atoms with Gasteiger partial charge in [0.05, 0.1) is 5.54 Å². The van der Waals surface area contributed by atoms with Crippen LogP contribution < -0.4 is 10.6 Å². The number of rotatable bonds is 3. The van der Waals surface area contributed by atoms with E-state index in [1.807, 2.05) is 0 Å². The van der Waals surface area contributed by atoms with Crippen molar-refractivity contribution in [3.05, 3.63) is 0 Å². The molecule has 2 N–H and O–H groups in total. The lowest BCUT2D eigenvalue weighted by atomic mass is 9.78. The normalized spacial score (nSPS) is 38.1. The molecule has 1 heterocycles. The van der Waals surface area contributed by atoms with Gasteiger partial charge in [-0.3, -0.25) is 4.79 Å². The second-order valence-electron chi connectivity index (χ2n) is 5.85. The van der Waals surface area contributed by atoms with Crippen molar-refractivity contribution in [2.24, 2.45) is 5.92 Å². The van der Waals surface area contributed by atoms with Crippen LogP contribution in [0.2, 0.25) is 0 Å². The minimum atomic E-state index is 0.115. The fourth-order valence-electron chi connectivity index (χ4n) is 3.43. The van der Waals surface area contributed by atoms with E-state index in [9.17, 15) is 4.79 Å². The van der Waals surface area contributed by atoms with Crippen LogP contribution in [0.1, 0.15) is 51.4 Å². The third kappa shape index (κ3) is 1.97. The summed E-state index contributed by atoms with van der Waals surface area (Å²) in [6.07, 6.45) is 9.46. The number of carbonyl (C=O) groups excluding carboxylic acids is 1. The number of amides is 1. The molecule has 3 rings (SSSR count). The van der Waals surface area contributed by atoms with Crippen molar-refractivity contribution >= 4 is 5.91 Å². The van der Waals surface area contributed by atoms with E-state index in [-0.39, 0.29) is 5.54 Å². The third-order valence-corrected chi connectivity index (χ3v) is 4.55. The van der Waals surface area contributed by atoms with Gasteiger partial charge in [0.15, 0.2) is 0 Å². The highest BCUT2D eigenvalue weighted by molar-refractivity contribution is 5.77. The Hall–Kier alpha value is -0.570. The Morgan fingerprint density at radius 1 is 1.25 bits per heavy atom. The maximum Gasteiger partial charge on any atom is 0.220 e. The summed E-state index contributed by atoms with van der Waals surface area (Å²) >= 11 is 0. The Morgan fingerprint density at radius 3 is 2.94 bits per heavy atom. The largest absolute Gasteiger partial charge is 0.349 e. The van der Waals surface area contributed by atoms with Crippen LogP contribution in [-0.2, 0) is 4.79 Å². The first-order valence-electron chi connectivity index (χ1n) is 6.83. The van der Waals surface area contributed by atoms with Gasteiger partial charge in [0.25, 0.3) is 0 Å². The first-order valence-corrected chi connectivity index (χ1v) is 6.83. The molecular formula is C13H22N2O. The Labute approximate surface area is 97.4 Å². The second kappa shape index (κ2) is 4.02. The Kier molecular flexibility index (Phi) is 2.66. The van der Waals surface area contributed by atoms with Gasteiger partial charge >= 0.3 is 0 Å². The highest BCUT2D eigenvalue weighted by Gasteiger charge is 2.45. The van der Waals surface area contributed by atoms with Crippen molar-refractivity contribution in [1.29, 1.82) is 0 Å². The van der Waals surface area contributed by atoms with E-state index in [1.165, 1.54) is 38.5 Å². The first-order chi connectivity index (χ1) is 7.78. The van der Waals surface area contributed by atoms with Gasteiger partial charge in [-0.05, 0) is 44.6 Å². The summed E-state index contributed by atoms with van der Waals surface area (Å²) < 4.78 is 0. The van der Waals surface area contributed by atoms with E-state index < -0.39 is 0 Å². The van der Waals surface area contributed by atoms with E-state index in [2.05, 4.69) is 10.6 Å². The minimum Gasteiger partial charge on any atom is -0.349 e. The zero-order valence-electron chi connectivity index (χ0n) is 9.93. The molecule has 3 fully saturated rings. The summed E-state index contributed by atoms with van der Waals surface area (Å²) in [6, 6.07) is 0.546. The standard InChI is InChI=1S/C13H22N2O/c16-12(9-10-4-5-10)15-13-6-2-1-3-11(13)14-8-7-13/h10-11,14H,1-9H2,(H,15,16). The molecule has 0 bridgehead atoms. The van der Waals surface area contributed by atoms with Gasteiger partial charge in [-0.15, -0.1) is 0 Å². The summed E-state index contributed by atoms with van der Waals surface area (Å²) in [6.45, 7) is 1.08. The highest BCUT2D eigenvalue weighted by atomic mass is 16.1. The second-order valence-corrected chi connectivity index (χ2v) is 5.85. The zero-order valence-corrected chi connectivity index (χ0v) is 9.93. The molecule has 1 amide bonds. The van der Waals surface area contributed by atoms with Crippen LogP contribution in [0, 0.1) is 5.92 Å². The molecule has 1 saturated heterocycles. The van der Waals surface area contributed by atoms with Crippen molar-refractivity contribution < 1.29 is 4.79 Å². The van der Waals surface area contributed by atoms with Gasteiger partial charge in [0.2, 0.25) is 5.91 Å². The molecule has 0 aromatic heterocycles. The van der Waals surface area contributed by atoms with Crippen molar-refractivity contribution in [2.45, 2.75) is 62.9 Å². The van der Waals surface area contributed by atoms with Crippen LogP contribution in [0.5, 0.6) is 0 Å². The number of fused-ring (bicyclic) bond motifs is 1. The molecule has 3 heteroatoms. The lowest BCUT2D eigenvalue weighted by Gasteiger charge is -2.39. The Balaban J connectivity index is 1.63. The van der Waals surface area contributed by atoms with Crippen LogP contribution in [0.15, 0.2) is 0 Å². The minimum absolute atomic E-state index is 0.115. The van der Waals surface area contributed by atoms with Crippen molar-refractivity contribution in [3.8, 4) is 0 Å².